The van der Waals surface area contributed by atoms with Crippen molar-refractivity contribution in [1.29, 1.82) is 0 Å². The van der Waals surface area contributed by atoms with Crippen LogP contribution in [0.4, 0.5) is 0 Å². The Balaban J connectivity index is 1.66. The summed E-state index contributed by atoms with van der Waals surface area (Å²) in [6.45, 7) is 1.14. The van der Waals surface area contributed by atoms with Crippen LogP contribution in [-0.2, 0) is 14.8 Å². The maximum atomic E-state index is 12.8. The first-order chi connectivity index (χ1) is 13.5. The van der Waals surface area contributed by atoms with Crippen LogP contribution in [0.1, 0.15) is 31.2 Å². The minimum atomic E-state index is -3.47. The lowest BCUT2D eigenvalue weighted by Gasteiger charge is -2.19. The molecule has 0 atom stereocenters. The van der Waals surface area contributed by atoms with Gasteiger partial charge in [0.15, 0.2) is 5.75 Å². The van der Waals surface area contributed by atoms with E-state index >= 15 is 0 Å². The molecule has 2 heterocycles. The molecule has 0 amide bonds. The number of halogens is 1. The molecule has 0 N–H and O–H groups in total. The molecule has 0 unspecified atom stereocenters. The first-order valence-electron chi connectivity index (χ1n) is 9.07. The van der Waals surface area contributed by atoms with Crippen molar-refractivity contribution in [2.45, 2.75) is 30.6 Å². The van der Waals surface area contributed by atoms with Crippen LogP contribution < -0.4 is 4.74 Å². The fourth-order valence-corrected chi connectivity index (χ4v) is 4.78. The third kappa shape index (κ3) is 5.27. The molecule has 6 nitrogen and oxygen atoms in total. The number of carbonyl (C=O) groups is 1. The lowest BCUT2D eigenvalue weighted by molar-refractivity contribution is -0.128. The van der Waals surface area contributed by atoms with Gasteiger partial charge < -0.3 is 4.74 Å². The number of esters is 1. The van der Waals surface area contributed by atoms with Gasteiger partial charge in [0, 0.05) is 25.4 Å². The van der Waals surface area contributed by atoms with Crippen molar-refractivity contribution < 1.29 is 17.9 Å². The molecular weight excluding hydrogens is 444 g/mol. The molecule has 0 bridgehead atoms. The third-order valence-electron chi connectivity index (χ3n) is 4.43. The molecule has 1 saturated heterocycles. The van der Waals surface area contributed by atoms with E-state index in [1.54, 1.807) is 53.0 Å². The number of pyridine rings is 1. The van der Waals surface area contributed by atoms with Gasteiger partial charge in [0.1, 0.15) is 4.60 Å². The monoisotopic (exact) mass is 464 g/mol. The lowest BCUT2D eigenvalue weighted by Crippen LogP contribution is -2.31. The molecule has 1 aliphatic rings. The summed E-state index contributed by atoms with van der Waals surface area (Å²) in [6, 6.07) is 9.79. The molecule has 1 aromatic carbocycles. The van der Waals surface area contributed by atoms with Gasteiger partial charge in [0.2, 0.25) is 10.0 Å². The standard InChI is InChI=1S/C20H21BrN2O4S/c21-20-18(6-5-13-22-20)27-19(24)12-9-16-7-10-17(11-8-16)28(25,26)23-14-3-1-2-4-15-23/h5-13H,1-4,14-15H2. The summed E-state index contributed by atoms with van der Waals surface area (Å²) in [4.78, 5) is 16.2. The summed E-state index contributed by atoms with van der Waals surface area (Å²) in [5.74, 6) is -0.217. The molecule has 0 radical (unpaired) electrons. The van der Waals surface area contributed by atoms with E-state index in [4.69, 9.17) is 4.74 Å². The molecular formula is C20H21BrN2O4S. The van der Waals surface area contributed by atoms with Gasteiger partial charge in [0.05, 0.1) is 4.90 Å². The second-order valence-electron chi connectivity index (χ2n) is 6.43. The van der Waals surface area contributed by atoms with E-state index < -0.39 is 16.0 Å². The number of hydrogen-bond donors (Lipinski definition) is 0. The minimum absolute atomic E-state index is 0.272. The molecule has 28 heavy (non-hydrogen) atoms. The molecule has 1 aliphatic heterocycles. The SMILES string of the molecule is O=C(C=Cc1ccc(S(=O)(=O)N2CCCCCC2)cc1)Oc1cccnc1Br. The Kier molecular flexibility index (Phi) is 6.98. The Hall–Kier alpha value is -2.03. The van der Waals surface area contributed by atoms with Crippen molar-refractivity contribution in [1.82, 2.24) is 9.29 Å². The van der Waals surface area contributed by atoms with Crippen molar-refractivity contribution in [2.24, 2.45) is 0 Å². The summed E-state index contributed by atoms with van der Waals surface area (Å²) in [5, 5.41) is 0. The van der Waals surface area contributed by atoms with Crippen LogP contribution in [0.2, 0.25) is 0 Å². The predicted molar refractivity (Wildman–Crippen MR) is 110 cm³/mol. The molecule has 3 rings (SSSR count). The van der Waals surface area contributed by atoms with Crippen LogP contribution in [0, 0.1) is 0 Å². The van der Waals surface area contributed by atoms with Crippen molar-refractivity contribution in [3.8, 4) is 5.75 Å². The zero-order valence-electron chi connectivity index (χ0n) is 15.3. The van der Waals surface area contributed by atoms with E-state index in [0.717, 1.165) is 25.7 Å². The van der Waals surface area contributed by atoms with E-state index in [1.807, 2.05) is 0 Å². The van der Waals surface area contributed by atoms with Crippen LogP contribution in [-0.4, -0.2) is 36.8 Å². The minimum Gasteiger partial charge on any atom is -0.420 e. The van der Waals surface area contributed by atoms with Gasteiger partial charge in [-0.25, -0.2) is 18.2 Å². The molecule has 148 valence electrons. The average molecular weight is 465 g/mol. The first-order valence-corrected chi connectivity index (χ1v) is 11.3. The lowest BCUT2D eigenvalue weighted by atomic mass is 10.2. The largest absolute Gasteiger partial charge is 0.420 e. The number of rotatable bonds is 5. The van der Waals surface area contributed by atoms with E-state index in [0.29, 0.717) is 29.0 Å². The molecule has 0 spiro atoms. The van der Waals surface area contributed by atoms with Crippen LogP contribution in [0.3, 0.4) is 0 Å². The van der Waals surface area contributed by atoms with Crippen molar-refractivity contribution >= 4 is 38.0 Å². The molecule has 8 heteroatoms. The number of benzene rings is 1. The molecule has 0 aliphatic carbocycles. The predicted octanol–water partition coefficient (Wildman–Crippen LogP) is 4.03. The Bertz CT molecular complexity index is 950. The van der Waals surface area contributed by atoms with Crippen molar-refractivity contribution in [3.63, 3.8) is 0 Å². The number of nitrogens with zero attached hydrogens (tertiary/aromatic N) is 2. The highest BCUT2D eigenvalue weighted by Crippen LogP contribution is 2.22. The van der Waals surface area contributed by atoms with Gasteiger partial charge >= 0.3 is 5.97 Å². The van der Waals surface area contributed by atoms with Gasteiger partial charge in [-0.15, -0.1) is 0 Å². The maximum absolute atomic E-state index is 12.8. The highest BCUT2D eigenvalue weighted by Gasteiger charge is 2.24. The molecule has 1 fully saturated rings. The fraction of sp³-hybridized carbons (Fsp3) is 0.300. The Morgan fingerprint density at radius 2 is 1.75 bits per heavy atom. The molecule has 1 aromatic heterocycles. The summed E-state index contributed by atoms with van der Waals surface area (Å²) >= 11 is 3.21. The second kappa shape index (κ2) is 9.45. The highest BCUT2D eigenvalue weighted by atomic mass is 79.9. The van der Waals surface area contributed by atoms with Crippen LogP contribution in [0.25, 0.3) is 6.08 Å². The Morgan fingerprint density at radius 3 is 2.39 bits per heavy atom. The van der Waals surface area contributed by atoms with E-state index in [1.165, 1.54) is 6.08 Å². The van der Waals surface area contributed by atoms with Gasteiger partial charge in [-0.3, -0.25) is 0 Å². The third-order valence-corrected chi connectivity index (χ3v) is 6.94. The zero-order chi connectivity index (χ0) is 20.0. The number of hydrogen-bond acceptors (Lipinski definition) is 5. The van der Waals surface area contributed by atoms with Crippen LogP contribution >= 0.6 is 15.9 Å². The van der Waals surface area contributed by atoms with Gasteiger partial charge in [-0.05, 0) is 64.7 Å². The second-order valence-corrected chi connectivity index (χ2v) is 9.12. The normalized spacial score (nSPS) is 16.0. The van der Waals surface area contributed by atoms with Crippen molar-refractivity contribution in [2.75, 3.05) is 13.1 Å². The zero-order valence-corrected chi connectivity index (χ0v) is 17.7. The van der Waals surface area contributed by atoms with Crippen LogP contribution in [0.15, 0.2) is 58.2 Å². The first kappa shape index (κ1) is 20.7. The Labute approximate surface area is 173 Å². The molecule has 2 aromatic rings. The van der Waals surface area contributed by atoms with Crippen molar-refractivity contribution in [3.05, 3.63) is 58.8 Å². The van der Waals surface area contributed by atoms with Gasteiger partial charge in [0.25, 0.3) is 0 Å². The number of aromatic nitrogens is 1. The topological polar surface area (TPSA) is 76.6 Å². The van der Waals surface area contributed by atoms with Crippen LogP contribution in [0.5, 0.6) is 5.75 Å². The Morgan fingerprint density at radius 1 is 1.07 bits per heavy atom. The summed E-state index contributed by atoms with van der Waals surface area (Å²) in [6.07, 6.45) is 8.39. The number of sulfonamides is 1. The highest BCUT2D eigenvalue weighted by molar-refractivity contribution is 9.10. The smallest absolute Gasteiger partial charge is 0.336 e. The van der Waals surface area contributed by atoms with E-state index in [2.05, 4.69) is 20.9 Å². The summed E-state index contributed by atoms with van der Waals surface area (Å²) in [5.41, 5.74) is 0.706. The summed E-state index contributed by atoms with van der Waals surface area (Å²) < 4.78 is 32.8. The quantitative estimate of drug-likeness (QED) is 0.379. The van der Waals surface area contributed by atoms with Gasteiger partial charge in [-0.1, -0.05) is 25.0 Å². The maximum Gasteiger partial charge on any atom is 0.336 e. The average Bonchev–Trinajstić information content (AvgIpc) is 2.99. The molecule has 0 saturated carbocycles. The fourth-order valence-electron chi connectivity index (χ4n) is 2.94. The van der Waals surface area contributed by atoms with E-state index in [9.17, 15) is 13.2 Å². The number of ether oxygens (including phenoxy) is 1. The van der Waals surface area contributed by atoms with Gasteiger partial charge in [-0.2, -0.15) is 4.31 Å². The summed E-state index contributed by atoms with van der Waals surface area (Å²) in [7, 11) is -3.47. The number of carbonyl (C=O) groups excluding carboxylic acids is 1. The van der Waals surface area contributed by atoms with E-state index in [-0.39, 0.29) is 4.90 Å².